The fourth-order valence-electron chi connectivity index (χ4n) is 4.01. The molecule has 0 aliphatic rings. The Morgan fingerprint density at radius 2 is 1.74 bits per heavy atom. The predicted molar refractivity (Wildman–Crippen MR) is 177 cm³/mol. The first kappa shape index (κ1) is 33.9. The molecule has 2 aromatic heterocycles. The van der Waals surface area contributed by atoms with E-state index >= 15 is 0 Å². The SMILES string of the molecule is CCOC(=O)N=S(C)(=O)c1ccc(Nc2ncc(-c3ccc(NC(=O)Nc4cc(C(C)(C)C)on4)cc3)c(NC(C)CO)n2)cc1. The molecule has 0 spiro atoms. The molecule has 0 fully saturated rings. The monoisotopic (exact) mass is 650 g/mol. The molecule has 2 heterocycles. The Balaban J connectivity index is 1.48. The average Bonchev–Trinajstić information content (AvgIpc) is 3.47. The fourth-order valence-corrected chi connectivity index (χ4v) is 5.09. The number of aliphatic hydroxyl groups excluding tert-OH is 1. The van der Waals surface area contributed by atoms with E-state index in [9.17, 15) is 18.9 Å². The topological polar surface area (TPSA) is 193 Å². The Bertz CT molecular complexity index is 1790. The van der Waals surface area contributed by atoms with E-state index in [1.165, 1.54) is 6.26 Å². The molecular formula is C31H38N8O6S. The van der Waals surface area contributed by atoms with E-state index in [4.69, 9.17) is 9.26 Å². The van der Waals surface area contributed by atoms with Crippen molar-refractivity contribution in [1.29, 1.82) is 0 Å². The maximum atomic E-state index is 12.9. The van der Waals surface area contributed by atoms with Crippen LogP contribution in [-0.4, -0.2) is 62.1 Å². The largest absolute Gasteiger partial charge is 0.448 e. The second kappa shape index (κ2) is 14.4. The zero-order valence-corrected chi connectivity index (χ0v) is 27.3. The molecule has 15 heteroatoms. The molecule has 4 rings (SSSR count). The number of rotatable bonds is 10. The zero-order chi connectivity index (χ0) is 33.5. The summed E-state index contributed by atoms with van der Waals surface area (Å²) in [5, 5.41) is 25.3. The van der Waals surface area contributed by atoms with Crippen molar-refractivity contribution in [2.45, 2.75) is 51.0 Å². The standard InChI is InChI=1S/C31H38N8O6S/c1-7-44-30(42)39-46(6,43)23-14-12-21(13-15-23)34-28-32-17-24(27(37-28)33-19(2)18-40)20-8-10-22(11-9-20)35-29(41)36-26-16-25(45-38-26)31(3,4)5/h8-17,19,40H,7,18H2,1-6H3,(H2,32,33,34,37)(H2,35,36,38,41). The first-order valence-corrected chi connectivity index (χ1v) is 16.4. The zero-order valence-electron chi connectivity index (χ0n) is 26.5. The number of ether oxygens (including phenoxy) is 1. The summed E-state index contributed by atoms with van der Waals surface area (Å²) in [7, 11) is -2.98. The lowest BCUT2D eigenvalue weighted by molar-refractivity contribution is 0.164. The molecule has 0 bridgehead atoms. The van der Waals surface area contributed by atoms with Gasteiger partial charge in [0.2, 0.25) is 5.95 Å². The fraction of sp³-hybridized carbons (Fsp3) is 0.323. The Hall–Kier alpha value is -5.02. The third-order valence-corrected chi connectivity index (χ3v) is 8.10. The van der Waals surface area contributed by atoms with Gasteiger partial charge in [-0.2, -0.15) is 4.98 Å². The molecule has 2 aromatic carbocycles. The molecule has 0 aliphatic heterocycles. The smallest absolute Gasteiger partial charge is 0.442 e. The molecule has 0 saturated carbocycles. The number of nitrogens with one attached hydrogen (secondary N) is 4. The van der Waals surface area contributed by atoms with Gasteiger partial charge in [0, 0.05) is 51.8 Å². The van der Waals surface area contributed by atoms with Crippen molar-refractivity contribution in [3.05, 3.63) is 66.6 Å². The molecule has 2 atom stereocenters. The number of aliphatic hydroxyl groups is 1. The highest BCUT2D eigenvalue weighted by molar-refractivity contribution is 7.93. The van der Waals surface area contributed by atoms with Crippen molar-refractivity contribution in [1.82, 2.24) is 15.1 Å². The number of aromatic nitrogens is 3. The minimum absolute atomic E-state index is 0.123. The second-order valence-electron chi connectivity index (χ2n) is 11.4. The number of amides is 3. The van der Waals surface area contributed by atoms with Crippen molar-refractivity contribution in [2.75, 3.05) is 40.7 Å². The Morgan fingerprint density at radius 3 is 2.35 bits per heavy atom. The second-order valence-corrected chi connectivity index (χ2v) is 13.7. The molecule has 46 heavy (non-hydrogen) atoms. The Kier molecular flexibility index (Phi) is 10.6. The quantitative estimate of drug-likeness (QED) is 0.131. The minimum Gasteiger partial charge on any atom is -0.448 e. The van der Waals surface area contributed by atoms with Gasteiger partial charge < -0.3 is 30.3 Å². The summed E-state index contributed by atoms with van der Waals surface area (Å²) >= 11 is 0. The van der Waals surface area contributed by atoms with E-state index in [2.05, 4.69) is 40.8 Å². The van der Waals surface area contributed by atoms with Crippen molar-refractivity contribution in [3.8, 4) is 11.1 Å². The van der Waals surface area contributed by atoms with Crippen LogP contribution < -0.4 is 21.3 Å². The number of hydrogen-bond donors (Lipinski definition) is 5. The molecule has 244 valence electrons. The normalized spacial score (nSPS) is 13.2. The minimum atomic E-state index is -2.98. The van der Waals surface area contributed by atoms with Gasteiger partial charge in [0.1, 0.15) is 11.6 Å². The lowest BCUT2D eigenvalue weighted by atomic mass is 9.93. The van der Waals surface area contributed by atoms with E-state index in [1.54, 1.807) is 55.6 Å². The van der Waals surface area contributed by atoms with Gasteiger partial charge in [-0.3, -0.25) is 5.32 Å². The average molecular weight is 651 g/mol. The summed E-state index contributed by atoms with van der Waals surface area (Å²) in [5.41, 5.74) is 2.35. The number of benzene rings is 2. The molecule has 0 aliphatic carbocycles. The highest BCUT2D eigenvalue weighted by atomic mass is 32.2. The van der Waals surface area contributed by atoms with Gasteiger partial charge >= 0.3 is 12.1 Å². The number of anilines is 5. The lowest BCUT2D eigenvalue weighted by Crippen LogP contribution is -2.21. The summed E-state index contributed by atoms with van der Waals surface area (Å²) in [6.45, 7) is 9.43. The van der Waals surface area contributed by atoms with Crippen LogP contribution in [-0.2, 0) is 19.9 Å². The van der Waals surface area contributed by atoms with E-state index in [0.29, 0.717) is 39.2 Å². The van der Waals surface area contributed by atoms with E-state index in [-0.39, 0.29) is 30.6 Å². The highest BCUT2D eigenvalue weighted by Gasteiger charge is 2.20. The summed E-state index contributed by atoms with van der Waals surface area (Å²) in [5.74, 6) is 1.71. The maximum absolute atomic E-state index is 12.9. The summed E-state index contributed by atoms with van der Waals surface area (Å²) < 4.78 is 26.7. The van der Waals surface area contributed by atoms with Crippen molar-refractivity contribution in [2.24, 2.45) is 4.36 Å². The summed E-state index contributed by atoms with van der Waals surface area (Å²) in [6.07, 6.45) is 2.13. The first-order chi connectivity index (χ1) is 21.8. The van der Waals surface area contributed by atoms with Crippen LogP contribution in [0, 0.1) is 0 Å². The highest BCUT2D eigenvalue weighted by Crippen LogP contribution is 2.30. The third kappa shape index (κ3) is 9.01. The lowest BCUT2D eigenvalue weighted by Gasteiger charge is -2.17. The van der Waals surface area contributed by atoms with E-state index in [1.807, 2.05) is 39.8 Å². The molecule has 2 unspecified atom stereocenters. The number of urea groups is 1. The van der Waals surface area contributed by atoms with Crippen LogP contribution in [0.3, 0.4) is 0 Å². The Morgan fingerprint density at radius 1 is 1.07 bits per heavy atom. The molecule has 5 N–H and O–H groups in total. The van der Waals surface area contributed by atoms with Crippen LogP contribution in [0.4, 0.5) is 38.5 Å². The molecule has 14 nitrogen and oxygen atoms in total. The molecule has 0 radical (unpaired) electrons. The van der Waals surface area contributed by atoms with Crippen LogP contribution in [0.2, 0.25) is 0 Å². The van der Waals surface area contributed by atoms with Gasteiger partial charge in [0.05, 0.1) is 22.9 Å². The van der Waals surface area contributed by atoms with Gasteiger partial charge in [-0.15, -0.1) is 4.36 Å². The van der Waals surface area contributed by atoms with Gasteiger partial charge in [-0.25, -0.2) is 18.8 Å². The number of carbonyl (C=O) groups is 2. The predicted octanol–water partition coefficient (Wildman–Crippen LogP) is 6.22. The van der Waals surface area contributed by atoms with Crippen LogP contribution >= 0.6 is 0 Å². The van der Waals surface area contributed by atoms with Gasteiger partial charge in [0.15, 0.2) is 5.82 Å². The molecule has 4 aromatic rings. The van der Waals surface area contributed by atoms with Crippen molar-refractivity contribution >= 4 is 50.8 Å². The van der Waals surface area contributed by atoms with Gasteiger partial charge in [0.25, 0.3) is 0 Å². The van der Waals surface area contributed by atoms with Crippen LogP contribution in [0.5, 0.6) is 0 Å². The van der Waals surface area contributed by atoms with E-state index < -0.39 is 21.9 Å². The maximum Gasteiger partial charge on any atom is 0.442 e. The number of nitrogens with zero attached hydrogens (tertiary/aromatic N) is 4. The summed E-state index contributed by atoms with van der Waals surface area (Å²) in [4.78, 5) is 33.7. The van der Waals surface area contributed by atoms with Crippen molar-refractivity contribution < 1.29 is 28.2 Å². The number of hydrogen-bond acceptors (Lipinski definition) is 11. The summed E-state index contributed by atoms with van der Waals surface area (Å²) in [6, 6.07) is 14.6. The third-order valence-electron chi connectivity index (χ3n) is 6.45. The van der Waals surface area contributed by atoms with Gasteiger partial charge in [-0.05, 0) is 55.8 Å². The van der Waals surface area contributed by atoms with Crippen molar-refractivity contribution in [3.63, 3.8) is 0 Å². The Labute approximate surface area is 267 Å². The molecule has 0 saturated heterocycles. The first-order valence-electron chi connectivity index (χ1n) is 14.4. The molecular weight excluding hydrogens is 612 g/mol. The number of carbonyl (C=O) groups excluding carboxylic acids is 2. The molecule has 3 amide bonds. The van der Waals surface area contributed by atoms with E-state index in [0.717, 1.165) is 5.56 Å². The van der Waals surface area contributed by atoms with Crippen LogP contribution in [0.1, 0.15) is 40.4 Å². The van der Waals surface area contributed by atoms with Crippen LogP contribution in [0.25, 0.3) is 11.1 Å². The van der Waals surface area contributed by atoms with Crippen LogP contribution in [0.15, 0.2) is 74.6 Å². The van der Waals surface area contributed by atoms with Gasteiger partial charge in [-0.1, -0.05) is 38.1 Å².